The molecule has 1 aliphatic carbocycles. The minimum atomic E-state index is -3.34. The van der Waals surface area contributed by atoms with E-state index in [2.05, 4.69) is 20.8 Å². The van der Waals surface area contributed by atoms with E-state index in [9.17, 15) is 8.42 Å². The first-order chi connectivity index (χ1) is 7.68. The summed E-state index contributed by atoms with van der Waals surface area (Å²) in [5.41, 5.74) is 0.336. The third-order valence-corrected chi connectivity index (χ3v) is 4.13. The van der Waals surface area contributed by atoms with Crippen LogP contribution in [0.5, 0.6) is 0 Å². The summed E-state index contributed by atoms with van der Waals surface area (Å²) in [5, 5.41) is 4.94. The van der Waals surface area contributed by atoms with Gasteiger partial charge in [0.05, 0.1) is 11.9 Å². The minimum absolute atomic E-state index is 0.0126. The molecule has 0 heterocycles. The van der Waals surface area contributed by atoms with Crippen LogP contribution in [0.25, 0.3) is 0 Å². The topological polar surface area (TPSA) is 69.4 Å². The highest BCUT2D eigenvalue weighted by Crippen LogP contribution is 2.39. The monoisotopic (exact) mass is 263 g/mol. The van der Waals surface area contributed by atoms with Gasteiger partial charge < -0.3 is 4.74 Å². The number of ether oxygens (including phenoxy) is 1. The summed E-state index contributed by atoms with van der Waals surface area (Å²) in [4.78, 5) is 0. The normalized spacial score (nSPS) is 29.2. The van der Waals surface area contributed by atoms with E-state index in [0.717, 1.165) is 12.8 Å². The van der Waals surface area contributed by atoms with Gasteiger partial charge in [-0.05, 0) is 37.0 Å². The molecular weight excluding hydrogens is 238 g/mol. The Hall–Kier alpha value is -0.130. The van der Waals surface area contributed by atoms with Crippen molar-refractivity contribution in [2.45, 2.75) is 52.6 Å². The van der Waals surface area contributed by atoms with Gasteiger partial charge in [0, 0.05) is 6.61 Å². The smallest absolute Gasteiger partial charge is 0.209 e. The van der Waals surface area contributed by atoms with Crippen LogP contribution >= 0.6 is 0 Å². The SMILES string of the molecule is CC1CC(OCCCS(N)(=O)=O)CC(C)(C)C1. The molecule has 1 saturated carbocycles. The molecule has 2 unspecified atom stereocenters. The van der Waals surface area contributed by atoms with Crippen molar-refractivity contribution in [3.8, 4) is 0 Å². The van der Waals surface area contributed by atoms with Crippen molar-refractivity contribution in [2.24, 2.45) is 16.5 Å². The summed E-state index contributed by atoms with van der Waals surface area (Å²) in [5.74, 6) is 0.695. The van der Waals surface area contributed by atoms with E-state index in [4.69, 9.17) is 9.88 Å². The zero-order valence-corrected chi connectivity index (χ0v) is 11.9. The van der Waals surface area contributed by atoms with Crippen LogP contribution in [0, 0.1) is 11.3 Å². The second kappa shape index (κ2) is 5.67. The molecule has 1 fully saturated rings. The van der Waals surface area contributed by atoms with Gasteiger partial charge in [0.25, 0.3) is 0 Å². The van der Waals surface area contributed by atoms with Gasteiger partial charge in [-0.15, -0.1) is 0 Å². The Labute approximate surface area is 105 Å². The molecule has 1 rings (SSSR count). The first-order valence-corrected chi connectivity index (χ1v) is 8.01. The average molecular weight is 263 g/mol. The number of hydrogen-bond donors (Lipinski definition) is 1. The molecule has 5 heteroatoms. The number of sulfonamides is 1. The van der Waals surface area contributed by atoms with Crippen LogP contribution in [0.1, 0.15) is 46.5 Å². The summed E-state index contributed by atoms with van der Waals surface area (Å²) in [6.45, 7) is 7.28. The van der Waals surface area contributed by atoms with Gasteiger partial charge in [-0.1, -0.05) is 20.8 Å². The lowest BCUT2D eigenvalue weighted by molar-refractivity contribution is -0.0223. The molecule has 0 aromatic heterocycles. The molecule has 0 radical (unpaired) electrons. The lowest BCUT2D eigenvalue weighted by Crippen LogP contribution is -2.33. The maximum atomic E-state index is 10.8. The number of rotatable bonds is 5. The molecular formula is C12H25NO3S. The Kier molecular flexibility index (Phi) is 4.98. The highest BCUT2D eigenvalue weighted by molar-refractivity contribution is 7.89. The molecule has 102 valence electrons. The number of nitrogens with two attached hydrogens (primary N) is 1. The Morgan fingerprint density at radius 2 is 2.00 bits per heavy atom. The Morgan fingerprint density at radius 3 is 2.53 bits per heavy atom. The summed E-state index contributed by atoms with van der Waals surface area (Å²) in [6, 6.07) is 0. The maximum absolute atomic E-state index is 10.8. The van der Waals surface area contributed by atoms with Gasteiger partial charge in [0.1, 0.15) is 0 Å². The van der Waals surface area contributed by atoms with Gasteiger partial charge in [0.15, 0.2) is 0 Å². The van der Waals surface area contributed by atoms with Crippen molar-refractivity contribution in [1.82, 2.24) is 0 Å². The van der Waals surface area contributed by atoms with E-state index < -0.39 is 10.0 Å². The molecule has 0 aromatic carbocycles. The fourth-order valence-corrected chi connectivity index (χ4v) is 3.42. The van der Waals surface area contributed by atoms with Crippen LogP contribution < -0.4 is 5.14 Å². The minimum Gasteiger partial charge on any atom is -0.378 e. The van der Waals surface area contributed by atoms with Crippen LogP contribution in [0.3, 0.4) is 0 Å². The quantitative estimate of drug-likeness (QED) is 0.770. The van der Waals surface area contributed by atoms with E-state index in [-0.39, 0.29) is 11.9 Å². The van der Waals surface area contributed by atoms with Gasteiger partial charge in [-0.2, -0.15) is 0 Å². The van der Waals surface area contributed by atoms with E-state index in [0.29, 0.717) is 24.4 Å². The van der Waals surface area contributed by atoms with Gasteiger partial charge in [-0.3, -0.25) is 0 Å². The average Bonchev–Trinajstić information content (AvgIpc) is 2.07. The van der Waals surface area contributed by atoms with Crippen molar-refractivity contribution < 1.29 is 13.2 Å². The molecule has 0 aliphatic heterocycles. The molecule has 0 aromatic rings. The first kappa shape index (κ1) is 14.9. The lowest BCUT2D eigenvalue weighted by Gasteiger charge is -2.38. The Morgan fingerprint density at radius 1 is 1.35 bits per heavy atom. The second-order valence-corrected chi connectivity index (χ2v) is 7.86. The van der Waals surface area contributed by atoms with Crippen molar-refractivity contribution >= 4 is 10.0 Å². The van der Waals surface area contributed by atoms with E-state index in [1.54, 1.807) is 0 Å². The Balaban J connectivity index is 2.27. The van der Waals surface area contributed by atoms with Crippen LogP contribution in [0.15, 0.2) is 0 Å². The summed E-state index contributed by atoms with van der Waals surface area (Å²) in [6.07, 6.45) is 4.15. The summed E-state index contributed by atoms with van der Waals surface area (Å²) >= 11 is 0. The highest BCUT2D eigenvalue weighted by Gasteiger charge is 2.32. The molecule has 17 heavy (non-hydrogen) atoms. The van der Waals surface area contributed by atoms with Crippen molar-refractivity contribution in [3.63, 3.8) is 0 Å². The molecule has 0 bridgehead atoms. The number of hydrogen-bond acceptors (Lipinski definition) is 3. The van der Waals surface area contributed by atoms with Crippen LogP contribution in [-0.4, -0.2) is 26.9 Å². The standard InChI is InChI=1S/C12H25NO3S/c1-10-7-11(9-12(2,3)8-10)16-5-4-6-17(13,14)15/h10-11H,4-9H2,1-3H3,(H2,13,14,15). The van der Waals surface area contributed by atoms with Crippen LogP contribution in [0.2, 0.25) is 0 Å². The molecule has 2 N–H and O–H groups in total. The van der Waals surface area contributed by atoms with Crippen LogP contribution in [-0.2, 0) is 14.8 Å². The molecule has 0 spiro atoms. The first-order valence-electron chi connectivity index (χ1n) is 6.30. The van der Waals surface area contributed by atoms with Crippen molar-refractivity contribution in [3.05, 3.63) is 0 Å². The second-order valence-electron chi connectivity index (χ2n) is 6.13. The predicted octanol–water partition coefficient (Wildman–Crippen LogP) is 1.90. The van der Waals surface area contributed by atoms with Gasteiger partial charge >= 0.3 is 0 Å². The highest BCUT2D eigenvalue weighted by atomic mass is 32.2. The predicted molar refractivity (Wildman–Crippen MR) is 69.1 cm³/mol. The van der Waals surface area contributed by atoms with Gasteiger partial charge in [-0.25, -0.2) is 13.6 Å². The molecule has 0 amide bonds. The Bertz CT molecular complexity index is 338. The van der Waals surface area contributed by atoms with E-state index >= 15 is 0 Å². The summed E-state index contributed by atoms with van der Waals surface area (Å²) in [7, 11) is -3.34. The zero-order chi connectivity index (χ0) is 13.1. The molecule has 2 atom stereocenters. The zero-order valence-electron chi connectivity index (χ0n) is 11.1. The molecule has 0 saturated heterocycles. The number of primary sulfonamides is 1. The summed E-state index contributed by atoms with van der Waals surface area (Å²) < 4.78 is 27.3. The fourth-order valence-electron chi connectivity index (χ4n) is 2.90. The lowest BCUT2D eigenvalue weighted by atomic mass is 9.71. The van der Waals surface area contributed by atoms with Crippen molar-refractivity contribution in [2.75, 3.05) is 12.4 Å². The fraction of sp³-hybridized carbons (Fsp3) is 1.00. The van der Waals surface area contributed by atoms with E-state index in [1.165, 1.54) is 6.42 Å². The van der Waals surface area contributed by atoms with Gasteiger partial charge in [0.2, 0.25) is 10.0 Å². The third-order valence-electron chi connectivity index (χ3n) is 3.27. The van der Waals surface area contributed by atoms with Crippen molar-refractivity contribution in [1.29, 1.82) is 0 Å². The van der Waals surface area contributed by atoms with Crippen LogP contribution in [0.4, 0.5) is 0 Å². The molecule has 4 nitrogen and oxygen atoms in total. The third kappa shape index (κ3) is 6.38. The van der Waals surface area contributed by atoms with E-state index in [1.807, 2.05) is 0 Å². The molecule has 1 aliphatic rings. The largest absolute Gasteiger partial charge is 0.378 e. The maximum Gasteiger partial charge on any atom is 0.209 e.